The Morgan fingerprint density at radius 2 is 2.29 bits per heavy atom. The molecule has 0 saturated carbocycles. The number of aromatic nitrogens is 1. The Hall–Kier alpha value is -2.02. The molecule has 1 aromatic rings. The molecule has 4 nitrogen and oxygen atoms in total. The summed E-state index contributed by atoms with van der Waals surface area (Å²) in [6, 6.07) is 1.74. The molecule has 1 aromatic heterocycles. The number of anilines is 1. The topological polar surface area (TPSA) is 62.2 Å². The molecular weight excluding hydrogens is 216 g/mol. The van der Waals surface area contributed by atoms with E-state index in [1.165, 1.54) is 0 Å². The lowest BCUT2D eigenvalue weighted by atomic mass is 10.1. The largest absolute Gasteiger partial charge is 0.478 e. The van der Waals surface area contributed by atoms with Crippen molar-refractivity contribution in [1.82, 2.24) is 4.98 Å². The molecule has 0 aliphatic heterocycles. The zero-order valence-corrected chi connectivity index (χ0v) is 10.1. The minimum absolute atomic E-state index is 0.233. The number of carbonyl (C=O) groups is 1. The van der Waals surface area contributed by atoms with Crippen molar-refractivity contribution in [3.63, 3.8) is 0 Å². The van der Waals surface area contributed by atoms with Crippen LogP contribution in [0.3, 0.4) is 0 Å². The normalized spacial score (nSPS) is 9.71. The van der Waals surface area contributed by atoms with Gasteiger partial charge in [0.15, 0.2) is 0 Å². The van der Waals surface area contributed by atoms with Gasteiger partial charge in [-0.3, -0.25) is 4.98 Å². The fraction of sp³-hybridized carbons (Fsp3) is 0.385. The number of unbranched alkanes of at least 4 members (excludes halogenated alkanes) is 1. The molecule has 0 aromatic carbocycles. The summed E-state index contributed by atoms with van der Waals surface area (Å²) in [5.74, 6) is 1.58. The summed E-state index contributed by atoms with van der Waals surface area (Å²) in [4.78, 5) is 15.3. The predicted molar refractivity (Wildman–Crippen MR) is 67.2 cm³/mol. The van der Waals surface area contributed by atoms with Crippen molar-refractivity contribution in [2.24, 2.45) is 0 Å². The smallest absolute Gasteiger partial charge is 0.339 e. The first-order valence-electron chi connectivity index (χ1n) is 5.45. The highest BCUT2D eigenvalue weighted by atomic mass is 16.4. The van der Waals surface area contributed by atoms with E-state index in [0.717, 1.165) is 12.1 Å². The van der Waals surface area contributed by atoms with Gasteiger partial charge in [-0.05, 0) is 26.3 Å². The number of terminal acetylenes is 1. The van der Waals surface area contributed by atoms with E-state index in [-0.39, 0.29) is 5.56 Å². The van der Waals surface area contributed by atoms with Crippen molar-refractivity contribution in [3.8, 4) is 12.3 Å². The van der Waals surface area contributed by atoms with Gasteiger partial charge in [-0.15, -0.1) is 12.3 Å². The van der Waals surface area contributed by atoms with Gasteiger partial charge in [0.25, 0.3) is 0 Å². The van der Waals surface area contributed by atoms with Crippen LogP contribution in [0.25, 0.3) is 0 Å². The third-order valence-corrected chi connectivity index (χ3v) is 2.36. The van der Waals surface area contributed by atoms with Crippen molar-refractivity contribution in [2.75, 3.05) is 11.9 Å². The van der Waals surface area contributed by atoms with Gasteiger partial charge < -0.3 is 10.4 Å². The fourth-order valence-corrected chi connectivity index (χ4v) is 1.65. The third-order valence-electron chi connectivity index (χ3n) is 2.36. The molecule has 0 aliphatic rings. The Morgan fingerprint density at radius 1 is 1.59 bits per heavy atom. The second kappa shape index (κ2) is 5.90. The van der Waals surface area contributed by atoms with Gasteiger partial charge in [0.2, 0.25) is 0 Å². The molecule has 17 heavy (non-hydrogen) atoms. The lowest BCUT2D eigenvalue weighted by Crippen LogP contribution is -2.11. The highest BCUT2D eigenvalue weighted by Gasteiger charge is 2.14. The molecule has 2 N–H and O–H groups in total. The van der Waals surface area contributed by atoms with Crippen molar-refractivity contribution >= 4 is 11.7 Å². The zero-order valence-electron chi connectivity index (χ0n) is 10.1. The van der Waals surface area contributed by atoms with Gasteiger partial charge in [-0.25, -0.2) is 4.79 Å². The summed E-state index contributed by atoms with van der Waals surface area (Å²) in [5, 5.41) is 12.2. The highest BCUT2D eigenvalue weighted by Crippen LogP contribution is 2.19. The van der Waals surface area contributed by atoms with E-state index in [0.29, 0.717) is 24.3 Å². The van der Waals surface area contributed by atoms with Crippen molar-refractivity contribution in [3.05, 3.63) is 23.0 Å². The first-order valence-corrected chi connectivity index (χ1v) is 5.45. The lowest BCUT2D eigenvalue weighted by molar-refractivity contribution is 0.0696. The monoisotopic (exact) mass is 232 g/mol. The lowest BCUT2D eigenvalue weighted by Gasteiger charge is -2.11. The maximum atomic E-state index is 11.1. The van der Waals surface area contributed by atoms with E-state index in [2.05, 4.69) is 16.2 Å². The Kier molecular flexibility index (Phi) is 4.53. The van der Waals surface area contributed by atoms with Crippen molar-refractivity contribution in [2.45, 2.75) is 26.7 Å². The number of hydrogen-bond donors (Lipinski definition) is 2. The van der Waals surface area contributed by atoms with Crippen LogP contribution in [0.4, 0.5) is 5.69 Å². The minimum atomic E-state index is -0.963. The second-order valence-electron chi connectivity index (χ2n) is 3.81. The van der Waals surface area contributed by atoms with E-state index in [1.54, 1.807) is 13.0 Å². The van der Waals surface area contributed by atoms with E-state index < -0.39 is 5.97 Å². The molecule has 1 heterocycles. The standard InChI is InChI=1S/C13H16N2O2/c1-4-5-6-7-14-11-8-9(2)15-10(3)12(11)13(16)17/h1,8H,5-7H2,2-3H3,(H,14,15)(H,16,17). The van der Waals surface area contributed by atoms with Crippen LogP contribution in [0.5, 0.6) is 0 Å². The third kappa shape index (κ3) is 3.49. The molecule has 0 aliphatic carbocycles. The van der Waals surface area contributed by atoms with Gasteiger partial charge in [-0.1, -0.05) is 0 Å². The number of hydrogen-bond acceptors (Lipinski definition) is 3. The maximum absolute atomic E-state index is 11.1. The first-order chi connectivity index (χ1) is 8.06. The van der Waals surface area contributed by atoms with Crippen LogP contribution in [0.1, 0.15) is 34.6 Å². The quantitative estimate of drug-likeness (QED) is 0.603. The number of nitrogens with one attached hydrogen (secondary N) is 1. The molecule has 0 spiro atoms. The molecule has 0 saturated heterocycles. The number of nitrogens with zero attached hydrogens (tertiary/aromatic N) is 1. The number of pyridine rings is 1. The molecule has 4 heteroatoms. The van der Waals surface area contributed by atoms with Gasteiger partial charge >= 0.3 is 5.97 Å². The number of carboxylic acids is 1. The Bertz CT molecular complexity index is 461. The van der Waals surface area contributed by atoms with Crippen LogP contribution in [-0.4, -0.2) is 22.6 Å². The van der Waals surface area contributed by atoms with Crippen LogP contribution in [-0.2, 0) is 0 Å². The molecule has 0 radical (unpaired) electrons. The zero-order chi connectivity index (χ0) is 12.8. The van der Waals surface area contributed by atoms with Crippen LogP contribution in [0.15, 0.2) is 6.07 Å². The summed E-state index contributed by atoms with van der Waals surface area (Å²) in [7, 11) is 0. The fourth-order valence-electron chi connectivity index (χ4n) is 1.65. The van der Waals surface area contributed by atoms with E-state index in [4.69, 9.17) is 11.5 Å². The van der Waals surface area contributed by atoms with Gasteiger partial charge in [0.1, 0.15) is 5.56 Å². The molecule has 0 amide bonds. The number of aryl methyl sites for hydroxylation is 2. The summed E-state index contributed by atoms with van der Waals surface area (Å²) in [6.45, 7) is 4.20. The van der Waals surface area contributed by atoms with E-state index in [9.17, 15) is 4.79 Å². The number of carboxylic acid groups (broad SMARTS) is 1. The average Bonchev–Trinajstić information content (AvgIpc) is 2.22. The number of aromatic carboxylic acids is 1. The Balaban J connectivity index is 2.89. The minimum Gasteiger partial charge on any atom is -0.478 e. The molecule has 1 rings (SSSR count). The van der Waals surface area contributed by atoms with Crippen LogP contribution < -0.4 is 5.32 Å². The summed E-state index contributed by atoms with van der Waals surface area (Å²) in [5.41, 5.74) is 2.17. The summed E-state index contributed by atoms with van der Waals surface area (Å²) in [6.07, 6.45) is 6.65. The van der Waals surface area contributed by atoms with Gasteiger partial charge in [-0.2, -0.15) is 0 Å². The van der Waals surface area contributed by atoms with Crippen LogP contribution in [0.2, 0.25) is 0 Å². The Morgan fingerprint density at radius 3 is 2.88 bits per heavy atom. The molecule has 0 fully saturated rings. The summed E-state index contributed by atoms with van der Waals surface area (Å²) < 4.78 is 0. The van der Waals surface area contributed by atoms with Crippen LogP contribution in [0, 0.1) is 26.2 Å². The molecule has 0 atom stereocenters. The molecular formula is C13H16N2O2. The first kappa shape index (κ1) is 13.0. The average molecular weight is 232 g/mol. The van der Waals surface area contributed by atoms with E-state index >= 15 is 0 Å². The highest BCUT2D eigenvalue weighted by molar-refractivity contribution is 5.95. The maximum Gasteiger partial charge on any atom is 0.339 e. The predicted octanol–water partition coefficient (Wildman–Crippen LogP) is 2.22. The second-order valence-corrected chi connectivity index (χ2v) is 3.81. The van der Waals surface area contributed by atoms with E-state index in [1.807, 2.05) is 6.92 Å². The molecule has 0 bridgehead atoms. The molecule has 90 valence electrons. The van der Waals surface area contributed by atoms with Crippen molar-refractivity contribution < 1.29 is 9.90 Å². The molecule has 0 unspecified atom stereocenters. The number of rotatable bonds is 5. The Labute approximate surface area is 101 Å². The summed E-state index contributed by atoms with van der Waals surface area (Å²) >= 11 is 0. The van der Waals surface area contributed by atoms with Crippen LogP contribution >= 0.6 is 0 Å². The van der Waals surface area contributed by atoms with Crippen molar-refractivity contribution in [1.29, 1.82) is 0 Å². The van der Waals surface area contributed by atoms with Gasteiger partial charge in [0, 0.05) is 18.7 Å². The van der Waals surface area contributed by atoms with Gasteiger partial charge in [0.05, 0.1) is 11.4 Å². The SMILES string of the molecule is C#CCCCNc1cc(C)nc(C)c1C(=O)O.